The van der Waals surface area contributed by atoms with Crippen molar-refractivity contribution >= 4 is 54.5 Å². The summed E-state index contributed by atoms with van der Waals surface area (Å²) in [6.45, 7) is 4.51. The Bertz CT molecular complexity index is 2600. The van der Waals surface area contributed by atoms with Crippen molar-refractivity contribution in [3.05, 3.63) is 146 Å². The lowest BCUT2D eigenvalue weighted by molar-refractivity contribution is 0.578. The minimum Gasteiger partial charge on any atom is -0.372 e. The van der Waals surface area contributed by atoms with E-state index in [0.717, 1.165) is 26.2 Å². The van der Waals surface area contributed by atoms with Gasteiger partial charge in [-0.05, 0) is 151 Å². The number of hydrogen-bond acceptors (Lipinski definition) is 2. The fraction of sp³-hybridized carbons (Fsp3) is 0.200. The molecule has 2 heterocycles. The first-order valence-electron chi connectivity index (χ1n) is 19.4. The summed E-state index contributed by atoms with van der Waals surface area (Å²) < 4.78 is 0. The van der Waals surface area contributed by atoms with Gasteiger partial charge in [-0.15, -0.1) is 0 Å². The maximum atomic E-state index is 2.61. The van der Waals surface area contributed by atoms with Crippen LogP contribution in [0.25, 0.3) is 76.5 Å². The summed E-state index contributed by atoms with van der Waals surface area (Å²) in [5, 5.41) is 10.4. The summed E-state index contributed by atoms with van der Waals surface area (Å²) in [6.07, 6.45) is 7.70. The number of fused-ring (bicyclic) bond motifs is 4. The molecule has 0 saturated carbocycles. The minimum absolute atomic E-state index is 1.13. The van der Waals surface area contributed by atoms with Gasteiger partial charge in [0.15, 0.2) is 0 Å². The molecule has 2 fully saturated rings. The molecule has 254 valence electrons. The van der Waals surface area contributed by atoms with Crippen molar-refractivity contribution in [2.45, 2.75) is 38.5 Å². The number of piperidine rings is 2. The summed E-state index contributed by atoms with van der Waals surface area (Å²) in [4.78, 5) is 5.22. The van der Waals surface area contributed by atoms with E-state index in [4.69, 9.17) is 0 Å². The Labute approximate surface area is 306 Å². The summed E-state index contributed by atoms with van der Waals surface area (Å²) in [7, 11) is 0. The van der Waals surface area contributed by atoms with Gasteiger partial charge in [0, 0.05) is 37.6 Å². The third kappa shape index (κ3) is 5.49. The first-order valence-corrected chi connectivity index (χ1v) is 19.4. The van der Waals surface area contributed by atoms with Crippen LogP contribution in [0.2, 0.25) is 0 Å². The third-order valence-electron chi connectivity index (χ3n) is 11.8. The van der Waals surface area contributed by atoms with Crippen LogP contribution >= 0.6 is 0 Å². The monoisotopic (exact) mass is 672 g/mol. The number of rotatable bonds is 5. The zero-order valence-corrected chi connectivity index (χ0v) is 29.8. The molecular formula is C50H44N2. The fourth-order valence-electron chi connectivity index (χ4n) is 9.19. The Balaban J connectivity index is 1.28. The van der Waals surface area contributed by atoms with Gasteiger partial charge in [0.05, 0.1) is 0 Å². The van der Waals surface area contributed by atoms with Crippen LogP contribution in [0.3, 0.4) is 0 Å². The standard InChI is InChI=1S/C50H44N2/c1-7-27-51(28-8-1)41-24-26-46-47(33-41)49(39-18-11-17-38(32-39)44-20-12-16-36-14-5-6-19-43(36)44)45-25-23-42(52-29-9-2-10-30-52)34-48(45)50(46)40-22-21-35-13-3-4-15-37(35)31-40/h3-6,11-26,31-34H,1-2,7-10,27-30H2. The third-order valence-corrected chi connectivity index (χ3v) is 11.8. The number of benzene rings is 8. The van der Waals surface area contributed by atoms with Crippen molar-refractivity contribution in [3.63, 3.8) is 0 Å². The molecule has 0 aromatic heterocycles. The second-order valence-electron chi connectivity index (χ2n) is 15.0. The smallest absolute Gasteiger partial charge is 0.0372 e. The predicted octanol–water partition coefficient (Wildman–Crippen LogP) is 13.3. The average Bonchev–Trinajstić information content (AvgIpc) is 3.22. The van der Waals surface area contributed by atoms with Gasteiger partial charge in [0.1, 0.15) is 0 Å². The Kier molecular flexibility index (Phi) is 7.90. The molecule has 2 aliphatic rings. The van der Waals surface area contributed by atoms with E-state index < -0.39 is 0 Å². The SMILES string of the molecule is c1cc(-c2cccc3ccccc23)cc(-c2c3ccc(N4CCCCC4)cc3c(-c3ccc4ccccc4c3)c3ccc(N4CCCCC4)cc23)c1. The van der Waals surface area contributed by atoms with E-state index >= 15 is 0 Å². The number of anilines is 2. The molecule has 2 saturated heterocycles. The van der Waals surface area contributed by atoms with Gasteiger partial charge < -0.3 is 9.80 Å². The Morgan fingerprint density at radius 3 is 1.52 bits per heavy atom. The van der Waals surface area contributed by atoms with Gasteiger partial charge in [-0.2, -0.15) is 0 Å². The lowest BCUT2D eigenvalue weighted by Crippen LogP contribution is -2.29. The molecule has 0 N–H and O–H groups in total. The zero-order chi connectivity index (χ0) is 34.4. The van der Waals surface area contributed by atoms with E-state index in [1.807, 2.05) is 0 Å². The highest BCUT2D eigenvalue weighted by molar-refractivity contribution is 6.23. The molecule has 2 aliphatic heterocycles. The first-order chi connectivity index (χ1) is 25.8. The van der Waals surface area contributed by atoms with Crippen molar-refractivity contribution in [1.82, 2.24) is 0 Å². The Morgan fingerprint density at radius 2 is 0.846 bits per heavy atom. The van der Waals surface area contributed by atoms with Crippen molar-refractivity contribution < 1.29 is 0 Å². The second-order valence-corrected chi connectivity index (χ2v) is 15.0. The first kappa shape index (κ1) is 31.2. The van der Waals surface area contributed by atoms with Crippen LogP contribution in [0.1, 0.15) is 38.5 Å². The van der Waals surface area contributed by atoms with E-state index in [9.17, 15) is 0 Å². The fourth-order valence-corrected chi connectivity index (χ4v) is 9.19. The maximum absolute atomic E-state index is 2.61. The average molecular weight is 673 g/mol. The molecule has 2 nitrogen and oxygen atoms in total. The van der Waals surface area contributed by atoms with E-state index in [1.54, 1.807) is 0 Å². The quantitative estimate of drug-likeness (QED) is 0.168. The van der Waals surface area contributed by atoms with E-state index in [0.29, 0.717) is 0 Å². The molecule has 2 heteroatoms. The molecule has 0 aliphatic carbocycles. The van der Waals surface area contributed by atoms with E-state index in [2.05, 4.69) is 155 Å². The van der Waals surface area contributed by atoms with Crippen LogP contribution in [0, 0.1) is 0 Å². The molecule has 0 spiro atoms. The van der Waals surface area contributed by atoms with Crippen molar-refractivity contribution in [3.8, 4) is 33.4 Å². The van der Waals surface area contributed by atoms with Crippen LogP contribution in [-0.2, 0) is 0 Å². The van der Waals surface area contributed by atoms with Gasteiger partial charge in [-0.25, -0.2) is 0 Å². The maximum Gasteiger partial charge on any atom is 0.0372 e. The summed E-state index contributed by atoms with van der Waals surface area (Å²) >= 11 is 0. The normalized spacial score (nSPS) is 15.2. The molecule has 0 amide bonds. The highest BCUT2D eigenvalue weighted by Gasteiger charge is 2.22. The molecule has 0 atom stereocenters. The molecule has 8 aromatic carbocycles. The van der Waals surface area contributed by atoms with Gasteiger partial charge in [0.2, 0.25) is 0 Å². The topological polar surface area (TPSA) is 6.48 Å². The van der Waals surface area contributed by atoms with Gasteiger partial charge in [-0.1, -0.05) is 109 Å². The molecule has 0 bridgehead atoms. The summed E-state index contributed by atoms with van der Waals surface area (Å²) in [6, 6.07) is 55.3. The van der Waals surface area contributed by atoms with Gasteiger partial charge in [-0.3, -0.25) is 0 Å². The number of nitrogens with zero attached hydrogens (tertiary/aromatic N) is 2. The highest BCUT2D eigenvalue weighted by atomic mass is 15.1. The van der Waals surface area contributed by atoms with Crippen molar-refractivity contribution in [1.29, 1.82) is 0 Å². The largest absolute Gasteiger partial charge is 0.372 e. The molecule has 0 radical (unpaired) electrons. The predicted molar refractivity (Wildman–Crippen MR) is 225 cm³/mol. The van der Waals surface area contributed by atoms with Crippen LogP contribution in [-0.4, -0.2) is 26.2 Å². The van der Waals surface area contributed by atoms with Crippen LogP contribution in [0.5, 0.6) is 0 Å². The highest BCUT2D eigenvalue weighted by Crippen LogP contribution is 2.47. The van der Waals surface area contributed by atoms with E-state index in [1.165, 1.54) is 126 Å². The molecule has 8 aromatic rings. The van der Waals surface area contributed by atoms with Crippen LogP contribution in [0.15, 0.2) is 146 Å². The van der Waals surface area contributed by atoms with Crippen LogP contribution in [0.4, 0.5) is 11.4 Å². The van der Waals surface area contributed by atoms with Crippen molar-refractivity contribution in [2.24, 2.45) is 0 Å². The number of hydrogen-bond donors (Lipinski definition) is 0. The molecule has 0 unspecified atom stereocenters. The summed E-state index contributed by atoms with van der Waals surface area (Å²) in [5.74, 6) is 0. The van der Waals surface area contributed by atoms with Crippen molar-refractivity contribution in [2.75, 3.05) is 36.0 Å². The minimum atomic E-state index is 1.13. The lowest BCUT2D eigenvalue weighted by atomic mass is 9.84. The molecule has 10 rings (SSSR count). The van der Waals surface area contributed by atoms with Crippen LogP contribution < -0.4 is 9.80 Å². The van der Waals surface area contributed by atoms with Gasteiger partial charge >= 0.3 is 0 Å². The summed E-state index contributed by atoms with van der Waals surface area (Å²) in [5.41, 5.74) is 10.4. The van der Waals surface area contributed by atoms with Gasteiger partial charge in [0.25, 0.3) is 0 Å². The lowest BCUT2D eigenvalue weighted by Gasteiger charge is -2.30. The zero-order valence-electron chi connectivity index (χ0n) is 29.8. The second kappa shape index (κ2) is 13.2. The molecule has 52 heavy (non-hydrogen) atoms. The molecular weight excluding hydrogens is 629 g/mol. The Morgan fingerprint density at radius 1 is 0.308 bits per heavy atom. The van der Waals surface area contributed by atoms with E-state index in [-0.39, 0.29) is 0 Å². The Hall–Kier alpha value is -5.60.